The van der Waals surface area contributed by atoms with E-state index in [0.29, 0.717) is 0 Å². The van der Waals surface area contributed by atoms with E-state index in [-0.39, 0.29) is 23.4 Å². The molecule has 1 fully saturated rings. The normalized spacial score (nSPS) is 37.3. The van der Waals surface area contributed by atoms with Gasteiger partial charge in [0.2, 0.25) is 0 Å². The van der Waals surface area contributed by atoms with Gasteiger partial charge in [-0.1, -0.05) is 74.5 Å². The summed E-state index contributed by atoms with van der Waals surface area (Å²) in [4.78, 5) is 27.8. The fourth-order valence-corrected chi connectivity index (χ4v) is 7.60. The van der Waals surface area contributed by atoms with Crippen molar-refractivity contribution in [2.24, 2.45) is 17.3 Å². The maximum atomic E-state index is 14.1. The molecule has 29 heavy (non-hydrogen) atoms. The highest BCUT2D eigenvalue weighted by molar-refractivity contribution is 6.11. The molecule has 1 saturated carbocycles. The van der Waals surface area contributed by atoms with Gasteiger partial charge in [-0.3, -0.25) is 9.59 Å². The number of rotatable bonds is 3. The molecule has 0 spiro atoms. The van der Waals surface area contributed by atoms with E-state index < -0.39 is 16.2 Å². The van der Waals surface area contributed by atoms with Gasteiger partial charge in [0, 0.05) is 22.7 Å². The summed E-state index contributed by atoms with van der Waals surface area (Å²) < 4.78 is 0. The maximum absolute atomic E-state index is 14.1. The molecule has 4 bridgehead atoms. The van der Waals surface area contributed by atoms with Crippen LogP contribution in [0.25, 0.3) is 0 Å². The molecule has 0 N–H and O–H groups in total. The Morgan fingerprint density at radius 3 is 2.14 bits per heavy atom. The van der Waals surface area contributed by atoms with Crippen LogP contribution < -0.4 is 0 Å². The second-order valence-electron chi connectivity index (χ2n) is 9.27. The van der Waals surface area contributed by atoms with E-state index in [4.69, 9.17) is 0 Å². The van der Waals surface area contributed by atoms with Crippen molar-refractivity contribution in [3.63, 3.8) is 0 Å². The van der Waals surface area contributed by atoms with Gasteiger partial charge in [0.25, 0.3) is 0 Å². The van der Waals surface area contributed by atoms with Crippen LogP contribution in [-0.4, -0.2) is 11.6 Å². The Morgan fingerprint density at radius 2 is 1.52 bits per heavy atom. The summed E-state index contributed by atoms with van der Waals surface area (Å²) in [5, 5.41) is 0. The second kappa shape index (κ2) is 5.78. The number of allylic oxidation sites excluding steroid dienone is 2. The fraction of sp³-hybridized carbons (Fsp3) is 0.407. The molecule has 148 valence electrons. The Labute approximate surface area is 173 Å². The van der Waals surface area contributed by atoms with Crippen LogP contribution in [-0.2, 0) is 20.4 Å². The Kier molecular flexibility index (Phi) is 3.70. The number of Topliss-reactive ketones (excluding diaryl/α,β-unsaturated/α-hetero) is 2. The van der Waals surface area contributed by atoms with Gasteiger partial charge in [-0.25, -0.2) is 0 Å². The molecule has 3 aliphatic rings. The second-order valence-corrected chi connectivity index (χ2v) is 9.27. The summed E-state index contributed by atoms with van der Waals surface area (Å²) in [7, 11) is 0. The minimum atomic E-state index is -0.752. The van der Waals surface area contributed by atoms with Crippen molar-refractivity contribution in [3.05, 3.63) is 82.9 Å². The quantitative estimate of drug-likeness (QED) is 0.710. The third-order valence-electron chi connectivity index (χ3n) is 8.49. The average molecular weight is 385 g/mol. The van der Waals surface area contributed by atoms with Gasteiger partial charge >= 0.3 is 0 Å². The third kappa shape index (κ3) is 1.76. The van der Waals surface area contributed by atoms with Gasteiger partial charge < -0.3 is 0 Å². The summed E-state index contributed by atoms with van der Waals surface area (Å²) in [6.45, 7) is 8.29. The van der Waals surface area contributed by atoms with Gasteiger partial charge in [0.15, 0.2) is 5.78 Å². The lowest BCUT2D eigenvalue weighted by atomic mass is 9.40. The van der Waals surface area contributed by atoms with E-state index >= 15 is 0 Å². The van der Waals surface area contributed by atoms with Crippen LogP contribution in [0.15, 0.2) is 66.2 Å². The molecule has 0 radical (unpaired) electrons. The van der Waals surface area contributed by atoms with Crippen LogP contribution in [0.3, 0.4) is 0 Å². The van der Waals surface area contributed by atoms with Crippen molar-refractivity contribution < 1.29 is 9.59 Å². The number of carbonyl (C=O) groups excluding carboxylic acids is 2. The molecule has 0 amide bonds. The first kappa shape index (κ1) is 18.5. The predicted molar refractivity (Wildman–Crippen MR) is 115 cm³/mol. The van der Waals surface area contributed by atoms with Crippen molar-refractivity contribution in [2.75, 3.05) is 0 Å². The molecule has 2 aromatic rings. The molecule has 0 aliphatic heterocycles. The van der Waals surface area contributed by atoms with Crippen LogP contribution in [0.5, 0.6) is 0 Å². The van der Waals surface area contributed by atoms with Gasteiger partial charge in [-0.05, 0) is 49.0 Å². The first-order valence-corrected chi connectivity index (χ1v) is 10.8. The predicted octanol–water partition coefficient (Wildman–Crippen LogP) is 5.39. The van der Waals surface area contributed by atoms with E-state index in [9.17, 15) is 9.59 Å². The SMILES string of the molecule is CC[C@@H]1C(=O)[C@]2(C)c3ccccc3[C@]3(c4ccccc4)C=C(C)C(=O)[C@H]2[C@@]13CC. The van der Waals surface area contributed by atoms with E-state index in [2.05, 4.69) is 62.4 Å². The molecule has 2 heteroatoms. The number of hydrogen-bond donors (Lipinski definition) is 0. The Hall–Kier alpha value is -2.48. The third-order valence-corrected chi connectivity index (χ3v) is 8.49. The monoisotopic (exact) mass is 384 g/mol. The van der Waals surface area contributed by atoms with Crippen molar-refractivity contribution >= 4 is 11.6 Å². The zero-order chi connectivity index (χ0) is 20.6. The Morgan fingerprint density at radius 1 is 0.897 bits per heavy atom. The number of carbonyl (C=O) groups is 2. The van der Waals surface area contributed by atoms with E-state index in [1.807, 2.05) is 26.0 Å². The number of hydrogen-bond acceptors (Lipinski definition) is 2. The molecule has 0 unspecified atom stereocenters. The van der Waals surface area contributed by atoms with Crippen molar-refractivity contribution in [3.8, 4) is 0 Å². The van der Waals surface area contributed by atoms with Crippen LogP contribution in [0, 0.1) is 17.3 Å². The largest absolute Gasteiger partial charge is 0.298 e. The molecule has 2 nitrogen and oxygen atoms in total. The summed E-state index contributed by atoms with van der Waals surface area (Å²) in [5.74, 6) is -0.0192. The average Bonchev–Trinajstić information content (AvgIpc) is 2.93. The lowest BCUT2D eigenvalue weighted by Crippen LogP contribution is -2.61. The van der Waals surface area contributed by atoms with E-state index in [1.165, 1.54) is 11.1 Å². The van der Waals surface area contributed by atoms with E-state index in [0.717, 1.165) is 24.0 Å². The lowest BCUT2D eigenvalue weighted by Gasteiger charge is -2.60. The van der Waals surface area contributed by atoms with Gasteiger partial charge in [0.05, 0.1) is 5.41 Å². The maximum Gasteiger partial charge on any atom is 0.163 e. The van der Waals surface area contributed by atoms with Gasteiger partial charge in [-0.15, -0.1) is 0 Å². The molecule has 3 aliphatic carbocycles. The van der Waals surface area contributed by atoms with Crippen molar-refractivity contribution in [2.45, 2.75) is 51.4 Å². The number of benzene rings is 2. The minimum absolute atomic E-state index is 0.136. The highest BCUT2D eigenvalue weighted by Crippen LogP contribution is 2.74. The zero-order valence-electron chi connectivity index (χ0n) is 17.7. The highest BCUT2D eigenvalue weighted by atomic mass is 16.1. The fourth-order valence-electron chi connectivity index (χ4n) is 7.60. The summed E-state index contributed by atoms with van der Waals surface area (Å²) >= 11 is 0. The molecule has 0 saturated heterocycles. The van der Waals surface area contributed by atoms with Crippen molar-refractivity contribution in [1.82, 2.24) is 0 Å². The number of fused-ring (bicyclic) bond motifs is 3. The summed E-state index contributed by atoms with van der Waals surface area (Å²) in [6, 6.07) is 19.0. The van der Waals surface area contributed by atoms with E-state index in [1.54, 1.807) is 0 Å². The molecule has 0 heterocycles. The zero-order valence-corrected chi connectivity index (χ0v) is 17.7. The standard InChI is InChI=1S/C27H28O2/c1-5-19-24(29)25(4)20-14-10-11-15-21(20)27(18-12-8-7-9-13-18)16-17(3)22(28)23(25)26(19,27)6-2/h7-16,19,23H,5-6H2,1-4H3/t19-,23-,25-,26-,27-/m1/s1. The van der Waals surface area contributed by atoms with Crippen LogP contribution in [0.2, 0.25) is 0 Å². The first-order chi connectivity index (χ1) is 13.9. The molecular weight excluding hydrogens is 356 g/mol. The Bertz CT molecular complexity index is 1060. The highest BCUT2D eigenvalue weighted by Gasteiger charge is 2.78. The summed E-state index contributed by atoms with van der Waals surface area (Å²) in [5.41, 5.74) is 2.61. The molecule has 5 atom stereocenters. The van der Waals surface area contributed by atoms with Crippen molar-refractivity contribution in [1.29, 1.82) is 0 Å². The minimum Gasteiger partial charge on any atom is -0.298 e. The smallest absolute Gasteiger partial charge is 0.163 e. The van der Waals surface area contributed by atoms with Crippen LogP contribution in [0.4, 0.5) is 0 Å². The molecule has 5 rings (SSSR count). The lowest BCUT2D eigenvalue weighted by molar-refractivity contribution is -0.131. The topological polar surface area (TPSA) is 34.1 Å². The Balaban J connectivity index is 2.06. The summed E-state index contributed by atoms with van der Waals surface area (Å²) in [6.07, 6.45) is 3.78. The van der Waals surface area contributed by atoms with Crippen LogP contribution >= 0.6 is 0 Å². The molecular formula is C27H28O2. The molecule has 2 aromatic carbocycles. The van der Waals surface area contributed by atoms with Gasteiger partial charge in [-0.2, -0.15) is 0 Å². The van der Waals surface area contributed by atoms with Gasteiger partial charge in [0.1, 0.15) is 5.78 Å². The number of ketones is 2. The molecule has 0 aromatic heterocycles. The van der Waals surface area contributed by atoms with Crippen LogP contribution in [0.1, 0.15) is 57.2 Å². The first-order valence-electron chi connectivity index (χ1n) is 10.8.